The first-order chi connectivity index (χ1) is 6.82. The molecule has 0 spiro atoms. The van der Waals surface area contributed by atoms with Crippen molar-refractivity contribution in [3.05, 3.63) is 10.9 Å². The molecular formula is C9H14BNO2S. The third-order valence-electron chi connectivity index (χ3n) is 2.90. The molecule has 0 saturated carbocycles. The third-order valence-corrected chi connectivity index (χ3v) is 3.46. The van der Waals surface area contributed by atoms with Crippen LogP contribution in [-0.4, -0.2) is 23.3 Å². The van der Waals surface area contributed by atoms with Crippen molar-refractivity contribution in [1.82, 2.24) is 4.98 Å². The van der Waals surface area contributed by atoms with Crippen LogP contribution in [0.5, 0.6) is 0 Å². The van der Waals surface area contributed by atoms with E-state index >= 15 is 0 Å². The quantitative estimate of drug-likeness (QED) is 0.660. The van der Waals surface area contributed by atoms with Crippen LogP contribution in [0.1, 0.15) is 29.1 Å². The lowest BCUT2D eigenvalue weighted by Crippen LogP contribution is -2.41. The summed E-state index contributed by atoms with van der Waals surface area (Å²) in [5, 5.41) is 1.81. The van der Waals surface area contributed by atoms with Crippen LogP contribution < -0.4 is 5.59 Å². The van der Waals surface area contributed by atoms with Gasteiger partial charge in [0, 0.05) is 5.38 Å². The summed E-state index contributed by atoms with van der Waals surface area (Å²) in [6.45, 7) is 8.00. The molecule has 2 rings (SSSR count). The average molecular weight is 212 g/mol. The molecule has 3 nitrogen and oxygen atoms in total. The van der Waals surface area contributed by atoms with Crippen molar-refractivity contribution in [3.63, 3.8) is 0 Å². The van der Waals surface area contributed by atoms with Gasteiger partial charge in [0.05, 0.1) is 23.7 Å². The molecule has 1 aromatic rings. The van der Waals surface area contributed by atoms with Crippen molar-refractivity contribution in [3.8, 4) is 0 Å². The zero-order valence-corrected chi connectivity index (χ0v) is 9.64. The summed E-state index contributed by atoms with van der Waals surface area (Å²) >= 11 is 1.29. The summed E-state index contributed by atoms with van der Waals surface area (Å²) < 4.78 is 19.0. The van der Waals surface area contributed by atoms with Crippen molar-refractivity contribution < 1.29 is 10.7 Å². The maximum Gasteiger partial charge on any atom is 0.515 e. The fourth-order valence-electron chi connectivity index (χ4n) is 1.26. The second-order valence-corrected chi connectivity index (χ2v) is 5.11. The lowest BCUT2D eigenvalue weighted by Gasteiger charge is -2.32. The second-order valence-electron chi connectivity index (χ2n) is 4.45. The first-order valence-corrected chi connectivity index (χ1v) is 5.47. The van der Waals surface area contributed by atoms with Crippen molar-refractivity contribution in [2.24, 2.45) is 0 Å². The smallest absolute Gasteiger partial charge is 0.398 e. The van der Waals surface area contributed by atoms with Crippen LogP contribution in [-0.2, 0) is 9.31 Å². The van der Waals surface area contributed by atoms with Gasteiger partial charge < -0.3 is 9.31 Å². The molecule has 1 aliphatic rings. The number of hydrogen-bond donors (Lipinski definition) is 0. The SMILES string of the molecule is [2H]c1nc(B2OC(C)(C)C(C)(C)O2)cs1. The Kier molecular flexibility index (Phi) is 1.94. The van der Waals surface area contributed by atoms with E-state index < -0.39 is 7.12 Å². The Morgan fingerprint density at radius 2 is 1.93 bits per heavy atom. The van der Waals surface area contributed by atoms with E-state index in [4.69, 9.17) is 10.7 Å². The molecule has 0 aliphatic carbocycles. The molecule has 14 heavy (non-hydrogen) atoms. The van der Waals surface area contributed by atoms with Gasteiger partial charge in [-0.2, -0.15) is 0 Å². The molecule has 0 unspecified atom stereocenters. The molecule has 0 radical (unpaired) electrons. The van der Waals surface area contributed by atoms with Crippen molar-refractivity contribution in [2.45, 2.75) is 38.9 Å². The van der Waals surface area contributed by atoms with Gasteiger partial charge in [-0.25, -0.2) is 0 Å². The van der Waals surface area contributed by atoms with Gasteiger partial charge in [-0.1, -0.05) is 0 Å². The van der Waals surface area contributed by atoms with Gasteiger partial charge in [0.1, 0.15) is 0 Å². The van der Waals surface area contributed by atoms with Crippen LogP contribution in [0, 0.1) is 0 Å². The second kappa shape index (κ2) is 3.05. The molecule has 1 aliphatic heterocycles. The Morgan fingerprint density at radius 1 is 1.36 bits per heavy atom. The Hall–Kier alpha value is -0.385. The van der Waals surface area contributed by atoms with Gasteiger partial charge >= 0.3 is 7.12 Å². The normalized spacial score (nSPS) is 25.1. The first-order valence-electron chi connectivity index (χ1n) is 5.09. The highest BCUT2D eigenvalue weighted by Gasteiger charge is 2.52. The summed E-state index contributed by atoms with van der Waals surface area (Å²) in [4.78, 5) is 4.06. The first kappa shape index (κ1) is 8.89. The number of aromatic nitrogens is 1. The van der Waals surface area contributed by atoms with Crippen molar-refractivity contribution in [1.29, 1.82) is 0 Å². The van der Waals surface area contributed by atoms with Gasteiger partial charge in [0.2, 0.25) is 0 Å². The van der Waals surface area contributed by atoms with E-state index in [-0.39, 0.29) is 11.2 Å². The van der Waals surface area contributed by atoms with E-state index in [1.807, 2.05) is 33.1 Å². The summed E-state index contributed by atoms with van der Waals surface area (Å²) in [6.07, 6.45) is 0. The summed E-state index contributed by atoms with van der Waals surface area (Å²) in [7, 11) is -0.439. The fraction of sp³-hybridized carbons (Fsp3) is 0.667. The van der Waals surface area contributed by atoms with Crippen LogP contribution in [0.3, 0.4) is 0 Å². The molecule has 0 N–H and O–H groups in total. The molecule has 76 valence electrons. The maximum atomic E-state index is 7.37. The van der Waals surface area contributed by atoms with E-state index in [1.54, 1.807) is 0 Å². The number of hydrogen-bond acceptors (Lipinski definition) is 4. The minimum Gasteiger partial charge on any atom is -0.398 e. The van der Waals surface area contributed by atoms with Gasteiger partial charge in [0.15, 0.2) is 0 Å². The molecule has 1 fully saturated rings. The van der Waals surface area contributed by atoms with E-state index in [2.05, 4.69) is 4.98 Å². The third kappa shape index (κ3) is 1.49. The van der Waals surface area contributed by atoms with Gasteiger partial charge in [-0.3, -0.25) is 4.98 Å². The summed E-state index contributed by atoms with van der Waals surface area (Å²) in [6, 6.07) is 0. The minimum absolute atomic E-state index is 0.291. The Bertz CT molecular complexity index is 364. The highest BCUT2D eigenvalue weighted by molar-refractivity contribution is 7.08. The molecule has 0 bridgehead atoms. The highest BCUT2D eigenvalue weighted by Crippen LogP contribution is 2.36. The predicted molar refractivity (Wildman–Crippen MR) is 57.8 cm³/mol. The van der Waals surface area contributed by atoms with Crippen molar-refractivity contribution in [2.75, 3.05) is 0 Å². The Labute approximate surface area is 90.0 Å². The minimum atomic E-state index is -0.439. The van der Waals surface area contributed by atoms with E-state index in [0.717, 1.165) is 0 Å². The zero-order chi connectivity index (χ0) is 11.3. The van der Waals surface area contributed by atoms with Crippen LogP contribution in [0.15, 0.2) is 10.9 Å². The van der Waals surface area contributed by atoms with Gasteiger partial charge in [-0.05, 0) is 27.7 Å². The zero-order valence-electron chi connectivity index (χ0n) is 9.83. The molecule has 1 aromatic heterocycles. The molecule has 0 amide bonds. The summed E-state index contributed by atoms with van der Waals surface area (Å²) in [5.74, 6) is 0. The monoisotopic (exact) mass is 212 g/mol. The maximum absolute atomic E-state index is 7.37. The molecule has 1 saturated heterocycles. The molecule has 0 atom stereocenters. The van der Waals surface area contributed by atoms with Gasteiger partial charge in [-0.15, -0.1) is 11.3 Å². The van der Waals surface area contributed by atoms with Crippen LogP contribution >= 0.6 is 11.3 Å². The number of nitrogens with zero attached hydrogens (tertiary/aromatic N) is 1. The molecular weight excluding hydrogens is 197 g/mol. The Morgan fingerprint density at radius 3 is 2.36 bits per heavy atom. The van der Waals surface area contributed by atoms with Crippen LogP contribution in [0.2, 0.25) is 0 Å². The topological polar surface area (TPSA) is 31.4 Å². The standard InChI is InChI=1S/C9H14BNO2S/c1-8(2)9(3,4)13-10(12-8)7-5-14-6-11-7/h5-6H,1-4H3/i6D. The van der Waals surface area contributed by atoms with E-state index in [1.165, 1.54) is 11.3 Å². The predicted octanol–water partition coefficient (Wildman–Crippen LogP) is 1.44. The van der Waals surface area contributed by atoms with E-state index in [9.17, 15) is 0 Å². The largest absolute Gasteiger partial charge is 0.515 e. The summed E-state index contributed by atoms with van der Waals surface area (Å²) in [5.41, 5.74) is 0.302. The lowest BCUT2D eigenvalue weighted by atomic mass is 9.86. The van der Waals surface area contributed by atoms with Crippen LogP contribution in [0.25, 0.3) is 0 Å². The average Bonchev–Trinajstić information content (AvgIpc) is 2.56. The number of thiazole rings is 1. The fourth-order valence-corrected chi connectivity index (χ4v) is 1.76. The Balaban J connectivity index is 2.23. The lowest BCUT2D eigenvalue weighted by molar-refractivity contribution is 0.00578. The highest BCUT2D eigenvalue weighted by atomic mass is 32.1. The number of rotatable bonds is 1. The van der Waals surface area contributed by atoms with Crippen molar-refractivity contribution >= 4 is 24.0 Å². The van der Waals surface area contributed by atoms with E-state index in [0.29, 0.717) is 11.1 Å². The molecule has 0 aromatic carbocycles. The molecule has 5 heteroatoms. The van der Waals surface area contributed by atoms with Crippen LogP contribution in [0.4, 0.5) is 0 Å². The van der Waals surface area contributed by atoms with Gasteiger partial charge in [0.25, 0.3) is 0 Å². The molecule has 2 heterocycles.